The van der Waals surface area contributed by atoms with Gasteiger partial charge in [0.2, 0.25) is 11.8 Å². The molecule has 8 nitrogen and oxygen atoms in total. The van der Waals surface area contributed by atoms with Gasteiger partial charge in [0.25, 0.3) is 11.8 Å². The van der Waals surface area contributed by atoms with E-state index in [2.05, 4.69) is 0 Å². The van der Waals surface area contributed by atoms with Gasteiger partial charge < -0.3 is 9.84 Å². The Morgan fingerprint density at radius 2 is 1.86 bits per heavy atom. The van der Waals surface area contributed by atoms with E-state index in [4.69, 9.17) is 27.9 Å². The fourth-order valence-electron chi connectivity index (χ4n) is 6.51. The molecule has 4 amide bonds. The number of amides is 4. The van der Waals surface area contributed by atoms with Crippen LogP contribution in [0.15, 0.2) is 35.9 Å². The van der Waals surface area contributed by atoms with Crippen LogP contribution >= 0.6 is 23.2 Å². The van der Waals surface area contributed by atoms with E-state index >= 15 is 0 Å². The third-order valence-electron chi connectivity index (χ3n) is 8.29. The lowest BCUT2D eigenvalue weighted by molar-refractivity contribution is -0.141. The van der Waals surface area contributed by atoms with Crippen LogP contribution in [-0.2, 0) is 19.2 Å². The number of carbonyl (C=O) groups excluding carboxylic acids is 4. The second-order valence-corrected chi connectivity index (χ2v) is 11.4. The minimum atomic E-state index is -1.80. The first-order valence-electron chi connectivity index (χ1n) is 12.3. The highest BCUT2D eigenvalue weighted by Gasteiger charge is 2.75. The molecule has 1 aromatic carbocycles. The van der Waals surface area contributed by atoms with Crippen LogP contribution in [0.25, 0.3) is 6.08 Å². The number of carbonyl (C=O) groups is 4. The van der Waals surface area contributed by atoms with Crippen molar-refractivity contribution in [1.29, 1.82) is 0 Å². The summed E-state index contributed by atoms with van der Waals surface area (Å²) in [5, 5.41) is 9.94. The van der Waals surface area contributed by atoms with Gasteiger partial charge in [0, 0.05) is 19.5 Å². The van der Waals surface area contributed by atoms with E-state index in [-0.39, 0.29) is 29.7 Å². The van der Waals surface area contributed by atoms with Crippen LogP contribution in [0.3, 0.4) is 0 Å². The van der Waals surface area contributed by atoms with E-state index < -0.39 is 45.2 Å². The summed E-state index contributed by atoms with van der Waals surface area (Å²) in [5.41, 5.74) is 1.41. The molecule has 0 spiro atoms. The van der Waals surface area contributed by atoms with Crippen LogP contribution in [0.2, 0.25) is 0 Å². The summed E-state index contributed by atoms with van der Waals surface area (Å²) in [6.07, 6.45) is 6.32. The molecule has 37 heavy (non-hydrogen) atoms. The summed E-state index contributed by atoms with van der Waals surface area (Å²) in [6.45, 7) is 2.24. The van der Waals surface area contributed by atoms with Crippen molar-refractivity contribution in [2.45, 2.75) is 35.9 Å². The molecule has 3 fully saturated rings. The maximum Gasteiger partial charge on any atom is 0.253 e. The minimum Gasteiger partial charge on any atom is -0.504 e. The highest BCUT2D eigenvalue weighted by molar-refractivity contribution is 6.53. The molecule has 2 heterocycles. The molecule has 6 unspecified atom stereocenters. The average Bonchev–Trinajstić information content (AvgIpc) is 3.19. The van der Waals surface area contributed by atoms with E-state index in [0.29, 0.717) is 24.9 Å². The van der Waals surface area contributed by atoms with Gasteiger partial charge >= 0.3 is 0 Å². The van der Waals surface area contributed by atoms with Crippen molar-refractivity contribution < 1.29 is 29.0 Å². The average molecular weight is 547 g/mol. The number of likely N-dealkylation sites (tertiary alicyclic amines) is 2. The summed E-state index contributed by atoms with van der Waals surface area (Å²) in [4.78, 5) is 52.0. The summed E-state index contributed by atoms with van der Waals surface area (Å²) in [7, 11) is 2.80. The molecular formula is C27H28Cl2N2O6. The van der Waals surface area contributed by atoms with Gasteiger partial charge in [0.1, 0.15) is 0 Å². The molecule has 0 aromatic heterocycles. The number of alkyl halides is 2. The molecule has 1 aromatic rings. The monoisotopic (exact) mass is 546 g/mol. The third-order valence-corrected chi connectivity index (χ3v) is 9.72. The van der Waals surface area contributed by atoms with E-state index in [1.165, 1.54) is 25.1 Å². The Labute approximate surface area is 224 Å². The lowest BCUT2D eigenvalue weighted by atomic mass is 9.57. The first-order chi connectivity index (χ1) is 17.5. The summed E-state index contributed by atoms with van der Waals surface area (Å²) in [6, 6.07) is 4.78. The fraction of sp³-hybridized carbons (Fsp3) is 0.481. The first kappa shape index (κ1) is 25.8. The Bertz CT molecular complexity index is 1280. The molecule has 2 saturated heterocycles. The maximum atomic E-state index is 13.5. The van der Waals surface area contributed by atoms with Gasteiger partial charge in [0.05, 0.1) is 18.9 Å². The Morgan fingerprint density at radius 3 is 2.54 bits per heavy atom. The number of hydrogen-bond donors (Lipinski definition) is 1. The van der Waals surface area contributed by atoms with E-state index in [1.807, 2.05) is 13.0 Å². The summed E-state index contributed by atoms with van der Waals surface area (Å²) >= 11 is 14.1. The number of allylic oxidation sites excluding steroid dienone is 3. The zero-order valence-corrected chi connectivity index (χ0v) is 22.3. The normalized spacial score (nSPS) is 35.1. The molecule has 6 atom stereocenters. The number of fused-ring (bicyclic) bond motifs is 4. The number of ether oxygens (including phenoxy) is 1. The summed E-state index contributed by atoms with van der Waals surface area (Å²) < 4.78 is 5.19. The Morgan fingerprint density at radius 1 is 1.14 bits per heavy atom. The van der Waals surface area contributed by atoms with E-state index in [9.17, 15) is 24.3 Å². The SMILES string of the molecule is CCCN1C(=O)C2CC=C3C(CC4(Cl)C(=O)N(C)C(=O)C4(Cl)C3C=Cc3ccc(O)c(OC)c3)C2C1=O. The molecular weight excluding hydrogens is 519 g/mol. The standard InChI is InChI=1S/C27H28Cl2N2O6/c1-4-11-31-22(33)16-8-7-15-17(21(16)23(31)34)13-26(28)24(35)30(2)25(36)27(26,29)18(15)9-5-14-6-10-19(32)20(12-14)37-3/h5-7,9-10,12,16-18,21,32H,4,8,11,13H2,1-3H3. The number of phenols is 1. The number of benzene rings is 1. The Hall–Kier alpha value is -2.84. The lowest BCUT2D eigenvalue weighted by Crippen LogP contribution is -2.60. The molecule has 196 valence electrons. The first-order valence-corrected chi connectivity index (χ1v) is 13.1. The zero-order chi connectivity index (χ0) is 26.9. The van der Waals surface area contributed by atoms with Crippen molar-refractivity contribution in [2.24, 2.45) is 23.7 Å². The number of nitrogens with zero attached hydrogens (tertiary/aromatic N) is 2. The van der Waals surface area contributed by atoms with Gasteiger partial charge in [-0.2, -0.15) is 0 Å². The van der Waals surface area contributed by atoms with E-state index in [1.54, 1.807) is 24.3 Å². The van der Waals surface area contributed by atoms with Gasteiger partial charge in [-0.3, -0.25) is 29.0 Å². The van der Waals surface area contributed by atoms with Crippen LogP contribution in [0, 0.1) is 23.7 Å². The quantitative estimate of drug-likeness (QED) is 0.345. The molecule has 5 rings (SSSR count). The van der Waals surface area contributed by atoms with Crippen molar-refractivity contribution in [3.8, 4) is 11.5 Å². The topological polar surface area (TPSA) is 104 Å². The Balaban J connectivity index is 1.63. The molecule has 1 N–H and O–H groups in total. The third kappa shape index (κ3) is 3.41. The predicted molar refractivity (Wildman–Crippen MR) is 137 cm³/mol. The van der Waals surface area contributed by atoms with Crippen LogP contribution in [0.5, 0.6) is 11.5 Å². The van der Waals surface area contributed by atoms with E-state index in [0.717, 1.165) is 10.5 Å². The molecule has 10 heteroatoms. The molecule has 0 radical (unpaired) electrons. The molecule has 1 saturated carbocycles. The van der Waals surface area contributed by atoms with Gasteiger partial charge in [-0.15, -0.1) is 23.2 Å². The number of rotatable bonds is 5. The number of aromatic hydroxyl groups is 1. The second-order valence-electron chi connectivity index (χ2n) is 10.2. The molecule has 2 aliphatic carbocycles. The van der Waals surface area contributed by atoms with Crippen LogP contribution in [-0.4, -0.2) is 69.0 Å². The number of methoxy groups -OCH3 is 1. The maximum absolute atomic E-state index is 13.5. The van der Waals surface area contributed by atoms with Crippen LogP contribution in [0.4, 0.5) is 0 Å². The van der Waals surface area contributed by atoms with Crippen molar-refractivity contribution >= 4 is 52.9 Å². The summed E-state index contributed by atoms with van der Waals surface area (Å²) in [5.74, 6) is -3.93. The van der Waals surface area contributed by atoms with Crippen molar-refractivity contribution in [1.82, 2.24) is 9.80 Å². The molecule has 2 aliphatic heterocycles. The van der Waals surface area contributed by atoms with Gasteiger partial charge in [0.15, 0.2) is 21.2 Å². The smallest absolute Gasteiger partial charge is 0.253 e. The number of phenolic OH excluding ortho intramolecular Hbond substituents is 1. The number of hydrogen-bond acceptors (Lipinski definition) is 6. The fourth-order valence-corrected chi connectivity index (χ4v) is 7.48. The lowest BCUT2D eigenvalue weighted by Gasteiger charge is -2.49. The predicted octanol–water partition coefficient (Wildman–Crippen LogP) is 3.35. The highest BCUT2D eigenvalue weighted by atomic mass is 35.5. The highest BCUT2D eigenvalue weighted by Crippen LogP contribution is 2.63. The van der Waals surface area contributed by atoms with Gasteiger partial charge in [-0.1, -0.05) is 36.8 Å². The van der Waals surface area contributed by atoms with Crippen LogP contribution in [0.1, 0.15) is 31.7 Å². The van der Waals surface area contributed by atoms with Crippen molar-refractivity contribution in [3.63, 3.8) is 0 Å². The molecule has 4 aliphatic rings. The second kappa shape index (κ2) is 8.88. The minimum absolute atomic E-state index is 0.0175. The zero-order valence-electron chi connectivity index (χ0n) is 20.7. The Kier molecular flexibility index (Phi) is 6.19. The van der Waals surface area contributed by atoms with Crippen LogP contribution < -0.4 is 4.74 Å². The number of imide groups is 2. The largest absolute Gasteiger partial charge is 0.504 e. The van der Waals surface area contributed by atoms with Gasteiger partial charge in [-0.25, -0.2) is 0 Å². The number of halogens is 2. The van der Waals surface area contributed by atoms with Crippen molar-refractivity contribution in [2.75, 3.05) is 20.7 Å². The van der Waals surface area contributed by atoms with Crippen molar-refractivity contribution in [3.05, 3.63) is 41.5 Å². The molecule has 0 bridgehead atoms. The van der Waals surface area contributed by atoms with Gasteiger partial charge in [-0.05, 0) is 42.9 Å².